The summed E-state index contributed by atoms with van der Waals surface area (Å²) < 4.78 is 25.0. The van der Waals surface area contributed by atoms with E-state index in [-0.39, 0.29) is 5.82 Å². The van der Waals surface area contributed by atoms with Gasteiger partial charge in [0.2, 0.25) is 0 Å². The largest absolute Gasteiger partial charge is 0.323 e. The first-order valence-corrected chi connectivity index (χ1v) is 7.46. The van der Waals surface area contributed by atoms with E-state index >= 15 is 0 Å². The maximum Gasteiger partial charge on any atom is 0.123 e. The molecule has 0 unspecified atom stereocenters. The van der Waals surface area contributed by atoms with Gasteiger partial charge in [-0.25, -0.2) is 4.39 Å². The molecule has 1 aliphatic rings. The molecule has 2 nitrogen and oxygen atoms in total. The Kier molecular flexibility index (Phi) is 3.22. The normalized spacial score (nSPS) is 20.1. The van der Waals surface area contributed by atoms with Gasteiger partial charge in [-0.15, -0.1) is 0 Å². The third-order valence-electron chi connectivity index (χ3n) is 2.78. The minimum Gasteiger partial charge on any atom is -0.323 e. The average molecular weight is 227 g/mol. The van der Waals surface area contributed by atoms with Crippen LogP contribution >= 0.6 is 7.14 Å². The summed E-state index contributed by atoms with van der Waals surface area (Å²) in [7, 11) is -2.04. The van der Waals surface area contributed by atoms with Gasteiger partial charge in [0.15, 0.2) is 0 Å². The van der Waals surface area contributed by atoms with E-state index in [0.717, 1.165) is 31.0 Å². The molecule has 1 aromatic carbocycles. The van der Waals surface area contributed by atoms with Gasteiger partial charge < -0.3 is 9.88 Å². The summed E-state index contributed by atoms with van der Waals surface area (Å²) in [5, 5.41) is 3.20. The molecular weight excluding hydrogens is 212 g/mol. The van der Waals surface area contributed by atoms with E-state index in [0.29, 0.717) is 6.16 Å². The summed E-state index contributed by atoms with van der Waals surface area (Å²) in [5.74, 6) is -0.234. The Labute approximate surface area is 89.3 Å². The molecule has 2 rings (SSSR count). The van der Waals surface area contributed by atoms with Crippen LogP contribution in [0, 0.1) is 5.82 Å². The van der Waals surface area contributed by atoms with Crippen molar-refractivity contribution in [3.05, 3.63) is 35.6 Å². The molecule has 0 aromatic heterocycles. The lowest BCUT2D eigenvalue weighted by Crippen LogP contribution is -2.29. The fraction of sp³-hybridized carbons (Fsp3) is 0.455. The first kappa shape index (κ1) is 10.8. The SMILES string of the molecule is O=P1(Cc2ccc(F)cc2)CCNCC1. The molecule has 1 saturated heterocycles. The van der Waals surface area contributed by atoms with Crippen molar-refractivity contribution in [2.24, 2.45) is 0 Å². The lowest BCUT2D eigenvalue weighted by atomic mass is 10.2. The highest BCUT2D eigenvalue weighted by Gasteiger charge is 2.24. The average Bonchev–Trinajstić information content (AvgIpc) is 2.22. The molecule has 1 heterocycles. The topological polar surface area (TPSA) is 29.1 Å². The van der Waals surface area contributed by atoms with Crippen LogP contribution < -0.4 is 5.32 Å². The van der Waals surface area contributed by atoms with E-state index in [2.05, 4.69) is 5.32 Å². The molecule has 0 amide bonds. The second-order valence-corrected chi connectivity index (χ2v) is 7.37. The Morgan fingerprint density at radius 3 is 2.40 bits per heavy atom. The highest BCUT2D eigenvalue weighted by atomic mass is 31.2. The molecule has 82 valence electrons. The van der Waals surface area contributed by atoms with Gasteiger partial charge in [-0.3, -0.25) is 0 Å². The van der Waals surface area contributed by atoms with Crippen LogP contribution in [0.2, 0.25) is 0 Å². The molecule has 15 heavy (non-hydrogen) atoms. The zero-order valence-corrected chi connectivity index (χ0v) is 9.47. The van der Waals surface area contributed by atoms with Gasteiger partial charge in [-0.1, -0.05) is 12.1 Å². The van der Waals surface area contributed by atoms with E-state index in [1.807, 2.05) is 0 Å². The summed E-state index contributed by atoms with van der Waals surface area (Å²) >= 11 is 0. The van der Waals surface area contributed by atoms with Gasteiger partial charge in [-0.2, -0.15) is 0 Å². The van der Waals surface area contributed by atoms with Crippen molar-refractivity contribution >= 4 is 7.14 Å². The van der Waals surface area contributed by atoms with Crippen molar-refractivity contribution in [3.8, 4) is 0 Å². The minimum atomic E-state index is -2.04. The second-order valence-electron chi connectivity index (χ2n) is 4.04. The fourth-order valence-electron chi connectivity index (χ4n) is 1.88. The van der Waals surface area contributed by atoms with Crippen molar-refractivity contribution in [2.45, 2.75) is 6.16 Å². The Bertz CT molecular complexity index is 367. The Morgan fingerprint density at radius 1 is 1.20 bits per heavy atom. The number of nitrogens with one attached hydrogen (secondary N) is 1. The predicted octanol–water partition coefficient (Wildman–Crippen LogP) is 2.29. The molecule has 4 heteroatoms. The van der Waals surface area contributed by atoms with Crippen LogP contribution in [0.25, 0.3) is 0 Å². The van der Waals surface area contributed by atoms with Crippen LogP contribution in [0.4, 0.5) is 4.39 Å². The summed E-state index contributed by atoms with van der Waals surface area (Å²) in [6.45, 7) is 1.69. The molecule has 0 bridgehead atoms. The second kappa shape index (κ2) is 4.46. The molecular formula is C11H15FNOP. The maximum atomic E-state index is 12.7. The first-order chi connectivity index (χ1) is 7.18. The van der Waals surface area contributed by atoms with Crippen LogP contribution in [-0.4, -0.2) is 25.4 Å². The van der Waals surface area contributed by atoms with Gasteiger partial charge in [0.05, 0.1) is 7.14 Å². The highest BCUT2D eigenvalue weighted by molar-refractivity contribution is 7.63. The van der Waals surface area contributed by atoms with Crippen LogP contribution in [0.3, 0.4) is 0 Å². The van der Waals surface area contributed by atoms with E-state index in [9.17, 15) is 8.96 Å². The van der Waals surface area contributed by atoms with Gasteiger partial charge in [0, 0.05) is 31.6 Å². The predicted molar refractivity (Wildman–Crippen MR) is 60.3 cm³/mol. The monoisotopic (exact) mass is 227 g/mol. The van der Waals surface area contributed by atoms with Gasteiger partial charge in [-0.05, 0) is 17.7 Å². The van der Waals surface area contributed by atoms with E-state index < -0.39 is 7.14 Å². The van der Waals surface area contributed by atoms with Gasteiger partial charge in [0.25, 0.3) is 0 Å². The lowest BCUT2D eigenvalue weighted by molar-refractivity contribution is 0.560. The molecule has 1 fully saturated rings. The molecule has 0 radical (unpaired) electrons. The Balaban J connectivity index is 2.07. The molecule has 1 N–H and O–H groups in total. The summed E-state index contributed by atoms with van der Waals surface area (Å²) in [4.78, 5) is 0. The van der Waals surface area contributed by atoms with E-state index in [1.54, 1.807) is 12.1 Å². The molecule has 0 spiro atoms. The number of benzene rings is 1. The molecule has 0 saturated carbocycles. The number of halogens is 1. The Hall–Kier alpha value is -0.660. The summed E-state index contributed by atoms with van der Waals surface area (Å²) in [5.41, 5.74) is 0.988. The zero-order chi connectivity index (χ0) is 10.7. The fourth-order valence-corrected chi connectivity index (χ4v) is 4.43. The van der Waals surface area contributed by atoms with Crippen LogP contribution in [0.1, 0.15) is 5.56 Å². The zero-order valence-electron chi connectivity index (χ0n) is 8.58. The standard InChI is InChI=1S/C11H15FNOP/c12-11-3-1-10(2-4-11)9-15(14)7-5-13-6-8-15/h1-4,13H,5-9H2. The van der Waals surface area contributed by atoms with Crippen molar-refractivity contribution in [3.63, 3.8) is 0 Å². The highest BCUT2D eigenvalue weighted by Crippen LogP contribution is 2.49. The van der Waals surface area contributed by atoms with Crippen LogP contribution in [0.15, 0.2) is 24.3 Å². The van der Waals surface area contributed by atoms with E-state index in [4.69, 9.17) is 0 Å². The minimum absolute atomic E-state index is 0.234. The first-order valence-electron chi connectivity index (χ1n) is 5.20. The van der Waals surface area contributed by atoms with Crippen molar-refractivity contribution < 1.29 is 8.96 Å². The molecule has 0 atom stereocenters. The van der Waals surface area contributed by atoms with Gasteiger partial charge in [0.1, 0.15) is 5.82 Å². The van der Waals surface area contributed by atoms with Gasteiger partial charge >= 0.3 is 0 Å². The van der Waals surface area contributed by atoms with Crippen molar-refractivity contribution in [2.75, 3.05) is 25.4 Å². The molecule has 1 aliphatic heterocycles. The third-order valence-corrected chi connectivity index (χ3v) is 5.79. The summed E-state index contributed by atoms with van der Waals surface area (Å²) in [6, 6.07) is 6.33. The maximum absolute atomic E-state index is 12.7. The number of hydrogen-bond donors (Lipinski definition) is 1. The molecule has 0 aliphatic carbocycles. The van der Waals surface area contributed by atoms with Crippen molar-refractivity contribution in [1.29, 1.82) is 0 Å². The number of rotatable bonds is 2. The molecule has 1 aromatic rings. The Morgan fingerprint density at radius 2 is 1.80 bits per heavy atom. The van der Waals surface area contributed by atoms with Crippen molar-refractivity contribution in [1.82, 2.24) is 5.32 Å². The summed E-state index contributed by atoms with van der Waals surface area (Å²) in [6.07, 6.45) is 2.16. The number of hydrogen-bond acceptors (Lipinski definition) is 2. The van der Waals surface area contributed by atoms with Crippen LogP contribution in [-0.2, 0) is 10.7 Å². The smallest absolute Gasteiger partial charge is 0.123 e. The third kappa shape index (κ3) is 2.90. The lowest BCUT2D eigenvalue weighted by Gasteiger charge is -2.23. The quantitative estimate of drug-likeness (QED) is 0.785. The van der Waals surface area contributed by atoms with Crippen LogP contribution in [0.5, 0.6) is 0 Å². The van der Waals surface area contributed by atoms with E-state index in [1.165, 1.54) is 12.1 Å².